The van der Waals surface area contributed by atoms with Gasteiger partial charge < -0.3 is 4.74 Å². The Labute approximate surface area is 125 Å². The number of carbonyl (C=O) groups excluding carboxylic acids is 1. The van der Waals surface area contributed by atoms with Crippen LogP contribution in [0, 0.1) is 0 Å². The number of hydrogen-bond donors (Lipinski definition) is 0. The molecule has 98 valence electrons. The number of benzene rings is 2. The second kappa shape index (κ2) is 6.78. The van der Waals surface area contributed by atoms with E-state index in [0.29, 0.717) is 11.3 Å². The van der Waals surface area contributed by atoms with Gasteiger partial charge in [0.25, 0.3) is 0 Å². The zero-order valence-corrected chi connectivity index (χ0v) is 12.8. The quantitative estimate of drug-likeness (QED) is 0.596. The highest BCUT2D eigenvalue weighted by molar-refractivity contribution is 9.10. The molecule has 2 aromatic rings. The molecule has 0 aliphatic rings. The molecule has 4 heteroatoms. The molecular formula is C15H13BrO2S. The van der Waals surface area contributed by atoms with Crippen molar-refractivity contribution in [3.8, 4) is 5.75 Å². The van der Waals surface area contributed by atoms with Gasteiger partial charge >= 0.3 is 0 Å². The van der Waals surface area contributed by atoms with Crippen LogP contribution in [-0.2, 0) is 0 Å². The number of hydrogen-bond acceptors (Lipinski definition) is 3. The minimum Gasteiger partial charge on any atom is -0.496 e. The van der Waals surface area contributed by atoms with Gasteiger partial charge in [-0.15, -0.1) is 11.8 Å². The highest BCUT2D eigenvalue weighted by Gasteiger charge is 2.09. The fraction of sp³-hybridized carbons (Fsp3) is 0.133. The largest absolute Gasteiger partial charge is 0.496 e. The van der Waals surface area contributed by atoms with Crippen molar-refractivity contribution in [2.24, 2.45) is 0 Å². The van der Waals surface area contributed by atoms with Gasteiger partial charge in [-0.2, -0.15) is 0 Å². The van der Waals surface area contributed by atoms with Gasteiger partial charge in [-0.05, 0) is 46.3 Å². The molecule has 0 saturated carbocycles. The van der Waals surface area contributed by atoms with Gasteiger partial charge in [0.2, 0.25) is 0 Å². The molecule has 0 radical (unpaired) electrons. The van der Waals surface area contributed by atoms with E-state index in [1.165, 1.54) is 0 Å². The summed E-state index contributed by atoms with van der Waals surface area (Å²) in [6, 6.07) is 15.3. The van der Waals surface area contributed by atoms with Crippen molar-refractivity contribution in [2.75, 3.05) is 12.9 Å². The van der Waals surface area contributed by atoms with Gasteiger partial charge in [-0.25, -0.2) is 0 Å². The molecule has 2 nitrogen and oxygen atoms in total. The van der Waals surface area contributed by atoms with Crippen LogP contribution in [0.5, 0.6) is 5.75 Å². The molecule has 0 saturated heterocycles. The molecule has 0 spiro atoms. The van der Waals surface area contributed by atoms with Gasteiger partial charge in [0.15, 0.2) is 5.78 Å². The number of methoxy groups -OCH3 is 1. The van der Waals surface area contributed by atoms with Crippen molar-refractivity contribution in [3.63, 3.8) is 0 Å². The summed E-state index contributed by atoms with van der Waals surface area (Å²) < 4.78 is 5.94. The molecule has 0 atom stereocenters. The second-order valence-corrected chi connectivity index (χ2v) is 5.78. The number of carbonyl (C=O) groups is 1. The molecule has 0 bridgehead atoms. The van der Waals surface area contributed by atoms with Crippen molar-refractivity contribution in [3.05, 3.63) is 58.6 Å². The van der Waals surface area contributed by atoms with Crippen LogP contribution in [0.25, 0.3) is 0 Å². The van der Waals surface area contributed by atoms with Crippen molar-refractivity contribution in [1.29, 1.82) is 0 Å². The molecule has 0 unspecified atom stereocenters. The van der Waals surface area contributed by atoms with Crippen LogP contribution in [0.4, 0.5) is 0 Å². The molecule has 0 fully saturated rings. The van der Waals surface area contributed by atoms with Crippen LogP contribution in [-0.4, -0.2) is 18.6 Å². The van der Waals surface area contributed by atoms with E-state index in [4.69, 9.17) is 4.74 Å². The molecule has 19 heavy (non-hydrogen) atoms. The molecule has 0 N–H and O–H groups in total. The van der Waals surface area contributed by atoms with E-state index in [1.807, 2.05) is 30.3 Å². The number of thioether (sulfide) groups is 1. The average Bonchev–Trinajstić information content (AvgIpc) is 2.45. The standard InChI is InChI=1S/C15H13BrO2S/c1-18-15-8-7-11(9-13(15)16)14(17)10-19-12-5-3-2-4-6-12/h2-9H,10H2,1H3. The highest BCUT2D eigenvalue weighted by atomic mass is 79.9. The first-order chi connectivity index (χ1) is 9.20. The molecule has 0 amide bonds. The maximum atomic E-state index is 12.1. The van der Waals surface area contributed by atoms with E-state index in [1.54, 1.807) is 37.1 Å². The van der Waals surface area contributed by atoms with E-state index in [2.05, 4.69) is 15.9 Å². The van der Waals surface area contributed by atoms with Gasteiger partial charge in [0.05, 0.1) is 17.3 Å². The molecule has 2 rings (SSSR count). The van der Waals surface area contributed by atoms with Gasteiger partial charge in [0.1, 0.15) is 5.75 Å². The van der Waals surface area contributed by atoms with E-state index in [-0.39, 0.29) is 5.78 Å². The van der Waals surface area contributed by atoms with Gasteiger partial charge in [-0.3, -0.25) is 4.79 Å². The van der Waals surface area contributed by atoms with Gasteiger partial charge in [0, 0.05) is 10.5 Å². The lowest BCUT2D eigenvalue weighted by Crippen LogP contribution is -2.02. The van der Waals surface area contributed by atoms with Crippen LogP contribution in [0.2, 0.25) is 0 Å². The Bertz CT molecular complexity index is 570. The summed E-state index contributed by atoms with van der Waals surface area (Å²) >= 11 is 4.93. The van der Waals surface area contributed by atoms with Crippen molar-refractivity contribution in [2.45, 2.75) is 4.90 Å². The summed E-state index contributed by atoms with van der Waals surface area (Å²) in [4.78, 5) is 13.2. The Kier molecular flexibility index (Phi) is 5.05. The number of ether oxygens (including phenoxy) is 1. The number of halogens is 1. The van der Waals surface area contributed by atoms with E-state index in [9.17, 15) is 4.79 Å². The smallest absolute Gasteiger partial charge is 0.173 e. The number of ketones is 1. The molecule has 2 aromatic carbocycles. The predicted molar refractivity (Wildman–Crippen MR) is 82.2 cm³/mol. The first-order valence-corrected chi connectivity index (χ1v) is 7.53. The summed E-state index contributed by atoms with van der Waals surface area (Å²) in [7, 11) is 1.60. The Morgan fingerprint density at radius 2 is 1.95 bits per heavy atom. The van der Waals surface area contributed by atoms with Crippen molar-refractivity contribution < 1.29 is 9.53 Å². The molecule has 0 aromatic heterocycles. The van der Waals surface area contributed by atoms with E-state index >= 15 is 0 Å². The third-order valence-electron chi connectivity index (χ3n) is 2.59. The van der Waals surface area contributed by atoms with Gasteiger partial charge in [-0.1, -0.05) is 18.2 Å². The minimum absolute atomic E-state index is 0.109. The predicted octanol–water partition coefficient (Wildman–Crippen LogP) is 4.43. The van der Waals surface area contributed by atoms with Crippen LogP contribution in [0.1, 0.15) is 10.4 Å². The van der Waals surface area contributed by atoms with E-state index in [0.717, 1.165) is 15.1 Å². The highest BCUT2D eigenvalue weighted by Crippen LogP contribution is 2.26. The summed E-state index contributed by atoms with van der Waals surface area (Å²) in [5.41, 5.74) is 0.691. The summed E-state index contributed by atoms with van der Waals surface area (Å²) in [6.45, 7) is 0. The monoisotopic (exact) mass is 336 g/mol. The molecular weight excluding hydrogens is 324 g/mol. The Morgan fingerprint density at radius 3 is 2.58 bits per heavy atom. The summed E-state index contributed by atoms with van der Waals surface area (Å²) in [5, 5.41) is 0. The molecule has 0 aliphatic carbocycles. The number of rotatable bonds is 5. The first kappa shape index (κ1) is 14.2. The van der Waals surface area contributed by atoms with Crippen molar-refractivity contribution >= 4 is 33.5 Å². The third kappa shape index (κ3) is 3.85. The first-order valence-electron chi connectivity index (χ1n) is 5.75. The van der Waals surface area contributed by atoms with Crippen molar-refractivity contribution in [1.82, 2.24) is 0 Å². The zero-order chi connectivity index (χ0) is 13.7. The fourth-order valence-corrected chi connectivity index (χ4v) is 2.94. The maximum absolute atomic E-state index is 12.1. The Hall–Kier alpha value is -1.26. The lowest BCUT2D eigenvalue weighted by atomic mass is 10.1. The third-order valence-corrected chi connectivity index (χ3v) is 4.22. The van der Waals surface area contributed by atoms with Crippen LogP contribution in [0.3, 0.4) is 0 Å². The average molecular weight is 337 g/mol. The second-order valence-electron chi connectivity index (χ2n) is 3.87. The molecule has 0 heterocycles. The minimum atomic E-state index is 0.109. The van der Waals surface area contributed by atoms with Crippen LogP contribution in [0.15, 0.2) is 57.9 Å². The van der Waals surface area contributed by atoms with Crippen LogP contribution < -0.4 is 4.74 Å². The SMILES string of the molecule is COc1ccc(C(=O)CSc2ccccc2)cc1Br. The van der Waals surface area contributed by atoms with E-state index < -0.39 is 0 Å². The zero-order valence-electron chi connectivity index (χ0n) is 10.4. The Morgan fingerprint density at radius 1 is 1.21 bits per heavy atom. The molecule has 0 aliphatic heterocycles. The Balaban J connectivity index is 2.02. The summed E-state index contributed by atoms with van der Waals surface area (Å²) in [5.74, 6) is 1.27. The summed E-state index contributed by atoms with van der Waals surface area (Å²) in [6.07, 6.45) is 0. The normalized spacial score (nSPS) is 10.2. The lowest BCUT2D eigenvalue weighted by molar-refractivity contribution is 0.102. The maximum Gasteiger partial charge on any atom is 0.173 e. The number of Topliss-reactive ketones (excluding diaryl/α,β-unsaturated/α-hetero) is 1. The lowest BCUT2D eigenvalue weighted by Gasteiger charge is -2.06. The fourth-order valence-electron chi connectivity index (χ4n) is 1.59. The topological polar surface area (TPSA) is 26.3 Å². The van der Waals surface area contributed by atoms with Crippen LogP contribution >= 0.6 is 27.7 Å².